The van der Waals surface area contributed by atoms with Crippen molar-refractivity contribution < 1.29 is 9.53 Å². The van der Waals surface area contributed by atoms with Crippen LogP contribution in [0.4, 0.5) is 0 Å². The van der Waals surface area contributed by atoms with Gasteiger partial charge >= 0.3 is 5.97 Å². The summed E-state index contributed by atoms with van der Waals surface area (Å²) in [6.45, 7) is 1.43. The van der Waals surface area contributed by atoms with Crippen LogP contribution in [0.1, 0.15) is 6.92 Å². The largest absolute Gasteiger partial charge is 0.424 e. The van der Waals surface area contributed by atoms with Crippen molar-refractivity contribution in [2.45, 2.75) is 6.92 Å². The van der Waals surface area contributed by atoms with Crippen LogP contribution in [0.2, 0.25) is 0 Å². The topological polar surface area (TPSA) is 31.2 Å². The minimum Gasteiger partial charge on any atom is -0.424 e. The minimum absolute atomic E-state index is 0.307. The fraction of sp³-hybridized carbons (Fsp3) is 0.118. The first-order valence-electron chi connectivity index (χ1n) is 6.49. The summed E-state index contributed by atoms with van der Waals surface area (Å²) in [6.07, 6.45) is 0. The van der Waals surface area contributed by atoms with Gasteiger partial charge in [-0.1, -0.05) is 42.5 Å². The maximum Gasteiger partial charge on any atom is 0.308 e. The van der Waals surface area contributed by atoms with Crippen LogP contribution in [0.3, 0.4) is 0 Å². The van der Waals surface area contributed by atoms with Gasteiger partial charge in [0.25, 0.3) is 0 Å². The second kappa shape index (κ2) is 4.85. The summed E-state index contributed by atoms with van der Waals surface area (Å²) in [4.78, 5) is 11.4. The van der Waals surface area contributed by atoms with Gasteiger partial charge in [-0.25, -0.2) is 0 Å². The van der Waals surface area contributed by atoms with Crippen molar-refractivity contribution in [2.75, 3.05) is 0 Å². The lowest BCUT2D eigenvalue weighted by molar-refractivity contribution is -0.131. The number of aryl methyl sites for hydroxylation is 1. The van der Waals surface area contributed by atoms with E-state index in [-0.39, 0.29) is 5.97 Å². The van der Waals surface area contributed by atoms with Gasteiger partial charge in [0, 0.05) is 24.9 Å². The standard InChI is InChI=1S/C17H15NO2/c1-12(19)20-17-14-10-6-7-11-15(14)18(2)16(17)13-8-4-3-5-9-13/h3-11H,1-2H3. The lowest BCUT2D eigenvalue weighted by Crippen LogP contribution is -2.02. The Morgan fingerprint density at radius 2 is 1.65 bits per heavy atom. The molecule has 2 aromatic carbocycles. The molecule has 0 unspecified atom stereocenters. The molecule has 0 bridgehead atoms. The summed E-state index contributed by atoms with van der Waals surface area (Å²) in [5.74, 6) is 0.320. The molecule has 100 valence electrons. The van der Waals surface area contributed by atoms with Gasteiger partial charge in [-0.05, 0) is 12.1 Å². The van der Waals surface area contributed by atoms with E-state index in [1.807, 2.05) is 61.6 Å². The maximum atomic E-state index is 11.4. The number of hydrogen-bond donors (Lipinski definition) is 0. The minimum atomic E-state index is -0.307. The first kappa shape index (κ1) is 12.5. The van der Waals surface area contributed by atoms with Crippen molar-refractivity contribution in [3.8, 4) is 17.0 Å². The van der Waals surface area contributed by atoms with Crippen LogP contribution in [0.25, 0.3) is 22.2 Å². The molecule has 0 aliphatic heterocycles. The van der Waals surface area contributed by atoms with E-state index in [9.17, 15) is 4.79 Å². The average molecular weight is 265 g/mol. The number of para-hydroxylation sites is 1. The third-order valence-corrected chi connectivity index (χ3v) is 3.35. The normalized spacial score (nSPS) is 10.7. The van der Waals surface area contributed by atoms with E-state index >= 15 is 0 Å². The lowest BCUT2D eigenvalue weighted by atomic mass is 10.1. The van der Waals surface area contributed by atoms with E-state index < -0.39 is 0 Å². The zero-order chi connectivity index (χ0) is 14.1. The van der Waals surface area contributed by atoms with Crippen molar-refractivity contribution >= 4 is 16.9 Å². The van der Waals surface area contributed by atoms with Crippen molar-refractivity contribution in [3.63, 3.8) is 0 Å². The van der Waals surface area contributed by atoms with Crippen LogP contribution < -0.4 is 4.74 Å². The molecule has 0 atom stereocenters. The lowest BCUT2D eigenvalue weighted by Gasteiger charge is -2.07. The van der Waals surface area contributed by atoms with E-state index in [1.54, 1.807) is 0 Å². The molecule has 3 nitrogen and oxygen atoms in total. The highest BCUT2D eigenvalue weighted by Crippen LogP contribution is 2.39. The van der Waals surface area contributed by atoms with Gasteiger partial charge in [0.1, 0.15) is 0 Å². The van der Waals surface area contributed by atoms with Crippen LogP contribution in [0.5, 0.6) is 5.75 Å². The van der Waals surface area contributed by atoms with Gasteiger partial charge < -0.3 is 9.30 Å². The van der Waals surface area contributed by atoms with Crippen molar-refractivity contribution in [1.82, 2.24) is 4.57 Å². The van der Waals surface area contributed by atoms with Crippen molar-refractivity contribution in [1.29, 1.82) is 0 Å². The molecular formula is C17H15NO2. The van der Waals surface area contributed by atoms with E-state index in [4.69, 9.17) is 4.74 Å². The fourth-order valence-corrected chi connectivity index (χ4v) is 2.53. The summed E-state index contributed by atoms with van der Waals surface area (Å²) in [7, 11) is 1.98. The number of carbonyl (C=O) groups excluding carboxylic acids is 1. The second-order valence-corrected chi connectivity index (χ2v) is 4.71. The maximum absolute atomic E-state index is 11.4. The number of ether oxygens (including phenoxy) is 1. The third kappa shape index (κ3) is 1.97. The average Bonchev–Trinajstić information content (AvgIpc) is 2.73. The van der Waals surface area contributed by atoms with Gasteiger partial charge in [-0.2, -0.15) is 0 Å². The first-order chi connectivity index (χ1) is 9.68. The molecule has 1 aromatic heterocycles. The van der Waals surface area contributed by atoms with Crippen LogP contribution in [-0.2, 0) is 11.8 Å². The number of benzene rings is 2. The number of esters is 1. The Bertz CT molecular complexity index is 772. The van der Waals surface area contributed by atoms with Crippen molar-refractivity contribution in [2.24, 2.45) is 7.05 Å². The van der Waals surface area contributed by atoms with E-state index in [1.165, 1.54) is 6.92 Å². The van der Waals surface area contributed by atoms with Gasteiger partial charge in [0.15, 0.2) is 5.75 Å². The van der Waals surface area contributed by atoms with Crippen LogP contribution in [-0.4, -0.2) is 10.5 Å². The molecule has 3 aromatic rings. The third-order valence-electron chi connectivity index (χ3n) is 3.35. The zero-order valence-corrected chi connectivity index (χ0v) is 11.5. The highest BCUT2D eigenvalue weighted by molar-refractivity contribution is 5.97. The summed E-state index contributed by atoms with van der Waals surface area (Å²) >= 11 is 0. The van der Waals surface area contributed by atoms with E-state index in [2.05, 4.69) is 4.57 Å². The molecule has 3 rings (SSSR count). The molecule has 0 N–H and O–H groups in total. The highest BCUT2D eigenvalue weighted by Gasteiger charge is 2.18. The SMILES string of the molecule is CC(=O)Oc1c(-c2ccccc2)n(C)c2ccccc12. The summed E-state index contributed by atoms with van der Waals surface area (Å²) in [5.41, 5.74) is 2.99. The Kier molecular flexibility index (Phi) is 3.03. The summed E-state index contributed by atoms with van der Waals surface area (Å²) in [5, 5.41) is 0.948. The Morgan fingerprint density at radius 3 is 2.35 bits per heavy atom. The molecule has 0 fully saturated rings. The number of rotatable bonds is 2. The van der Waals surface area contributed by atoms with Gasteiger partial charge in [0.05, 0.1) is 11.2 Å². The first-order valence-corrected chi connectivity index (χ1v) is 6.49. The predicted octanol–water partition coefficient (Wildman–Crippen LogP) is 3.77. The van der Waals surface area contributed by atoms with E-state index in [0.29, 0.717) is 5.75 Å². The molecule has 0 spiro atoms. The molecule has 3 heteroatoms. The monoisotopic (exact) mass is 265 g/mol. The smallest absolute Gasteiger partial charge is 0.308 e. The van der Waals surface area contributed by atoms with Gasteiger partial charge in [0.2, 0.25) is 0 Å². The fourth-order valence-electron chi connectivity index (χ4n) is 2.53. The second-order valence-electron chi connectivity index (χ2n) is 4.71. The Morgan fingerprint density at radius 1 is 1.00 bits per heavy atom. The Balaban J connectivity index is 2.34. The predicted molar refractivity (Wildman–Crippen MR) is 79.7 cm³/mol. The Labute approximate surface area is 117 Å². The number of nitrogens with zero attached hydrogens (tertiary/aromatic N) is 1. The molecule has 1 heterocycles. The van der Waals surface area contributed by atoms with Crippen LogP contribution in [0, 0.1) is 0 Å². The molecule has 0 aliphatic rings. The quantitative estimate of drug-likeness (QED) is 0.660. The summed E-state index contributed by atoms with van der Waals surface area (Å²) in [6, 6.07) is 17.9. The molecule has 0 saturated carbocycles. The molecule has 20 heavy (non-hydrogen) atoms. The van der Waals surface area contributed by atoms with Gasteiger partial charge in [-0.15, -0.1) is 0 Å². The molecule has 0 radical (unpaired) electrons. The zero-order valence-electron chi connectivity index (χ0n) is 11.5. The van der Waals surface area contributed by atoms with Crippen molar-refractivity contribution in [3.05, 3.63) is 54.6 Å². The number of hydrogen-bond acceptors (Lipinski definition) is 2. The molecular weight excluding hydrogens is 250 g/mol. The van der Waals surface area contributed by atoms with E-state index in [0.717, 1.165) is 22.2 Å². The summed E-state index contributed by atoms with van der Waals surface area (Å²) < 4.78 is 7.53. The number of carbonyl (C=O) groups is 1. The highest BCUT2D eigenvalue weighted by atomic mass is 16.5. The van der Waals surface area contributed by atoms with Crippen LogP contribution in [0.15, 0.2) is 54.6 Å². The number of fused-ring (bicyclic) bond motifs is 1. The van der Waals surface area contributed by atoms with Crippen LogP contribution >= 0.6 is 0 Å². The number of aromatic nitrogens is 1. The Hall–Kier alpha value is -2.55. The molecule has 0 saturated heterocycles. The van der Waals surface area contributed by atoms with Gasteiger partial charge in [-0.3, -0.25) is 4.79 Å². The molecule has 0 aliphatic carbocycles. The molecule has 0 amide bonds.